The number of hydrogen-bond donors (Lipinski definition) is 1. The summed E-state index contributed by atoms with van der Waals surface area (Å²) in [5, 5.41) is 9.13. The van der Waals surface area contributed by atoms with Gasteiger partial charge in [-0.1, -0.05) is 18.2 Å². The van der Waals surface area contributed by atoms with Gasteiger partial charge in [0.1, 0.15) is 5.75 Å². The second-order valence-corrected chi connectivity index (χ2v) is 5.06. The summed E-state index contributed by atoms with van der Waals surface area (Å²) in [7, 11) is 1.60. The molecule has 3 nitrogen and oxygen atoms in total. The van der Waals surface area contributed by atoms with Crippen LogP contribution in [0.2, 0.25) is 0 Å². The van der Waals surface area contributed by atoms with Crippen LogP contribution >= 0.6 is 0 Å². The molecule has 2 aromatic carbocycles. The van der Waals surface area contributed by atoms with Crippen LogP contribution in [0.5, 0.6) is 5.75 Å². The molecule has 0 atom stereocenters. The first-order valence-electron chi connectivity index (χ1n) is 6.72. The molecule has 1 N–H and O–H groups in total. The van der Waals surface area contributed by atoms with Crippen molar-refractivity contribution in [1.29, 1.82) is 0 Å². The Kier molecular flexibility index (Phi) is 3.18. The van der Waals surface area contributed by atoms with Crippen LogP contribution in [0.15, 0.2) is 36.4 Å². The molecule has 3 heteroatoms. The Morgan fingerprint density at radius 1 is 1.10 bits per heavy atom. The number of methoxy groups -OCH3 is 1. The Morgan fingerprint density at radius 2 is 1.90 bits per heavy atom. The summed E-state index contributed by atoms with van der Waals surface area (Å²) in [6.45, 7) is 0. The molecule has 0 aliphatic heterocycles. The molecule has 0 radical (unpaired) electrons. The fraction of sp³-hybridized carbons (Fsp3) is 0.235. The van der Waals surface area contributed by atoms with Crippen molar-refractivity contribution in [2.45, 2.75) is 19.3 Å². The highest BCUT2D eigenvalue weighted by Gasteiger charge is 2.15. The summed E-state index contributed by atoms with van der Waals surface area (Å²) in [5.74, 6) is -0.219. The lowest BCUT2D eigenvalue weighted by Gasteiger charge is -2.11. The Bertz CT molecular complexity index is 674. The quantitative estimate of drug-likeness (QED) is 0.926. The molecule has 0 unspecified atom stereocenters. The van der Waals surface area contributed by atoms with Crippen molar-refractivity contribution in [2.24, 2.45) is 0 Å². The third-order valence-corrected chi connectivity index (χ3v) is 3.86. The summed E-state index contributed by atoms with van der Waals surface area (Å²) < 4.78 is 5.36. The number of fused-ring (bicyclic) bond motifs is 1. The van der Waals surface area contributed by atoms with Crippen LogP contribution in [0.3, 0.4) is 0 Å². The smallest absolute Gasteiger partial charge is 0.335 e. The third kappa shape index (κ3) is 2.16. The van der Waals surface area contributed by atoms with Crippen molar-refractivity contribution in [1.82, 2.24) is 0 Å². The molecule has 0 saturated carbocycles. The average molecular weight is 268 g/mol. The largest absolute Gasteiger partial charge is 0.496 e. The summed E-state index contributed by atoms with van der Waals surface area (Å²) in [5.41, 5.74) is 4.90. The minimum absolute atomic E-state index is 0.279. The van der Waals surface area contributed by atoms with Crippen molar-refractivity contribution < 1.29 is 14.6 Å². The van der Waals surface area contributed by atoms with E-state index in [2.05, 4.69) is 12.1 Å². The fourth-order valence-electron chi connectivity index (χ4n) is 2.81. The maximum atomic E-state index is 11.1. The zero-order chi connectivity index (χ0) is 14.1. The maximum Gasteiger partial charge on any atom is 0.335 e. The Balaban J connectivity index is 2.12. The van der Waals surface area contributed by atoms with Gasteiger partial charge in [-0.15, -0.1) is 0 Å². The summed E-state index contributed by atoms with van der Waals surface area (Å²) >= 11 is 0. The van der Waals surface area contributed by atoms with Crippen molar-refractivity contribution >= 4 is 5.97 Å². The molecule has 3 rings (SSSR count). The van der Waals surface area contributed by atoms with Crippen LogP contribution in [0.4, 0.5) is 0 Å². The number of carboxylic acids is 1. The molecule has 102 valence electrons. The lowest BCUT2D eigenvalue weighted by molar-refractivity contribution is 0.0697. The Hall–Kier alpha value is -2.29. The van der Waals surface area contributed by atoms with E-state index in [-0.39, 0.29) is 5.56 Å². The molecule has 0 spiro atoms. The molecule has 0 bridgehead atoms. The summed E-state index contributed by atoms with van der Waals surface area (Å²) in [4.78, 5) is 11.1. The van der Waals surface area contributed by atoms with Gasteiger partial charge < -0.3 is 9.84 Å². The number of carbonyl (C=O) groups is 1. The van der Waals surface area contributed by atoms with Crippen LogP contribution in [0.1, 0.15) is 27.9 Å². The standard InChI is InChI=1S/C17H16O3/c1-20-16-8-7-14(17(18)19)10-15(16)13-6-5-11-3-2-4-12(11)9-13/h5-10H,2-4H2,1H3,(H,18,19). The number of hydrogen-bond acceptors (Lipinski definition) is 2. The maximum absolute atomic E-state index is 11.1. The van der Waals surface area contributed by atoms with Gasteiger partial charge in [0.25, 0.3) is 0 Å². The van der Waals surface area contributed by atoms with E-state index < -0.39 is 5.97 Å². The highest BCUT2D eigenvalue weighted by atomic mass is 16.5. The number of aryl methyl sites for hydroxylation is 2. The number of aromatic carboxylic acids is 1. The summed E-state index contributed by atoms with van der Waals surface area (Å²) in [6.07, 6.45) is 3.44. The van der Waals surface area contributed by atoms with Crippen LogP contribution < -0.4 is 4.74 Å². The molecule has 1 aliphatic carbocycles. The van der Waals surface area contributed by atoms with E-state index in [0.29, 0.717) is 5.75 Å². The van der Waals surface area contributed by atoms with Gasteiger partial charge >= 0.3 is 5.97 Å². The minimum atomic E-state index is -0.921. The van der Waals surface area contributed by atoms with Crippen molar-refractivity contribution in [3.63, 3.8) is 0 Å². The zero-order valence-corrected chi connectivity index (χ0v) is 11.3. The second-order valence-electron chi connectivity index (χ2n) is 5.06. The third-order valence-electron chi connectivity index (χ3n) is 3.86. The molecule has 2 aromatic rings. The van der Waals surface area contributed by atoms with Crippen molar-refractivity contribution in [3.05, 3.63) is 53.1 Å². The van der Waals surface area contributed by atoms with E-state index >= 15 is 0 Å². The highest BCUT2D eigenvalue weighted by molar-refractivity contribution is 5.90. The SMILES string of the molecule is COc1ccc(C(=O)O)cc1-c1ccc2c(c1)CCC2. The number of ether oxygens (including phenoxy) is 1. The molecule has 0 heterocycles. The van der Waals surface area contributed by atoms with Crippen LogP contribution in [0.25, 0.3) is 11.1 Å². The molecule has 0 fully saturated rings. The van der Waals surface area contributed by atoms with E-state index in [9.17, 15) is 4.79 Å². The van der Waals surface area contributed by atoms with Gasteiger partial charge in [0.05, 0.1) is 12.7 Å². The van der Waals surface area contributed by atoms with Gasteiger partial charge in [-0.25, -0.2) is 4.79 Å². The summed E-state index contributed by atoms with van der Waals surface area (Å²) in [6, 6.07) is 11.3. The van der Waals surface area contributed by atoms with Gasteiger partial charge in [-0.05, 0) is 54.2 Å². The van der Waals surface area contributed by atoms with E-state index in [1.165, 1.54) is 17.5 Å². The zero-order valence-electron chi connectivity index (χ0n) is 11.3. The van der Waals surface area contributed by atoms with E-state index in [4.69, 9.17) is 9.84 Å². The first kappa shape index (κ1) is 12.7. The molecule has 20 heavy (non-hydrogen) atoms. The topological polar surface area (TPSA) is 46.5 Å². The normalized spacial score (nSPS) is 13.1. The molecule has 0 amide bonds. The van der Waals surface area contributed by atoms with Crippen molar-refractivity contribution in [3.8, 4) is 16.9 Å². The Morgan fingerprint density at radius 3 is 2.65 bits per heavy atom. The second kappa shape index (κ2) is 5.00. The van der Waals surface area contributed by atoms with Crippen LogP contribution in [-0.2, 0) is 12.8 Å². The van der Waals surface area contributed by atoms with Gasteiger partial charge in [0.15, 0.2) is 0 Å². The predicted molar refractivity (Wildman–Crippen MR) is 77.4 cm³/mol. The Labute approximate surface area is 117 Å². The van der Waals surface area contributed by atoms with Gasteiger partial charge in [0.2, 0.25) is 0 Å². The van der Waals surface area contributed by atoms with Crippen LogP contribution in [0, 0.1) is 0 Å². The lowest BCUT2D eigenvalue weighted by Crippen LogP contribution is -1.98. The monoisotopic (exact) mass is 268 g/mol. The number of carboxylic acid groups (broad SMARTS) is 1. The number of rotatable bonds is 3. The van der Waals surface area contributed by atoms with Crippen LogP contribution in [-0.4, -0.2) is 18.2 Å². The fourth-order valence-corrected chi connectivity index (χ4v) is 2.81. The molecular weight excluding hydrogens is 252 g/mol. The lowest BCUT2D eigenvalue weighted by atomic mass is 9.98. The minimum Gasteiger partial charge on any atom is -0.496 e. The molecule has 0 aromatic heterocycles. The van der Waals surface area contributed by atoms with E-state index in [0.717, 1.165) is 24.0 Å². The first-order chi connectivity index (χ1) is 9.69. The number of benzene rings is 2. The van der Waals surface area contributed by atoms with E-state index in [1.54, 1.807) is 25.3 Å². The molecule has 0 saturated heterocycles. The average Bonchev–Trinajstić information content (AvgIpc) is 2.93. The van der Waals surface area contributed by atoms with Gasteiger partial charge in [0, 0.05) is 5.56 Å². The van der Waals surface area contributed by atoms with Gasteiger partial charge in [-0.2, -0.15) is 0 Å². The molecule has 1 aliphatic rings. The van der Waals surface area contributed by atoms with Gasteiger partial charge in [-0.3, -0.25) is 0 Å². The first-order valence-corrected chi connectivity index (χ1v) is 6.72. The predicted octanol–water partition coefficient (Wildman–Crippen LogP) is 3.55. The van der Waals surface area contributed by atoms with E-state index in [1.807, 2.05) is 6.07 Å². The van der Waals surface area contributed by atoms with Crippen molar-refractivity contribution in [2.75, 3.05) is 7.11 Å². The molecular formula is C17H16O3. The highest BCUT2D eigenvalue weighted by Crippen LogP contribution is 2.34.